The molecule has 0 aliphatic heterocycles. The first kappa shape index (κ1) is 21.7. The van der Waals surface area contributed by atoms with Crippen molar-refractivity contribution in [3.8, 4) is 11.5 Å². The molecule has 0 fully saturated rings. The predicted molar refractivity (Wildman–Crippen MR) is 102 cm³/mol. The van der Waals surface area contributed by atoms with E-state index in [2.05, 4.69) is 20.9 Å². The van der Waals surface area contributed by atoms with Crippen molar-refractivity contribution in [3.63, 3.8) is 0 Å². The van der Waals surface area contributed by atoms with Crippen LogP contribution in [0.2, 0.25) is 0 Å². The fourth-order valence-corrected chi connectivity index (χ4v) is 2.69. The van der Waals surface area contributed by atoms with Crippen molar-refractivity contribution in [2.75, 3.05) is 20.3 Å². The van der Waals surface area contributed by atoms with Gasteiger partial charge < -0.3 is 14.2 Å². The number of methoxy groups -OCH3 is 1. The molecule has 0 atom stereocenters. The number of carbonyl (C=O) groups is 1. The predicted octanol–water partition coefficient (Wildman–Crippen LogP) is 5.17. The Labute approximate surface area is 168 Å². The van der Waals surface area contributed by atoms with Gasteiger partial charge in [0.1, 0.15) is 0 Å². The smallest absolute Gasteiger partial charge is 0.416 e. The molecule has 0 unspecified atom stereocenters. The van der Waals surface area contributed by atoms with Gasteiger partial charge in [-0.15, -0.1) is 0 Å². The fourth-order valence-electron chi connectivity index (χ4n) is 2.23. The molecule has 0 saturated heterocycles. The van der Waals surface area contributed by atoms with E-state index in [1.54, 1.807) is 19.1 Å². The van der Waals surface area contributed by atoms with Gasteiger partial charge in [-0.3, -0.25) is 4.99 Å². The largest absolute Gasteiger partial charge is 0.493 e. The Kier molecular flexibility index (Phi) is 7.45. The van der Waals surface area contributed by atoms with Gasteiger partial charge in [-0.2, -0.15) is 13.2 Å². The molecular weight excluding hydrogens is 443 g/mol. The van der Waals surface area contributed by atoms with Crippen LogP contribution in [-0.2, 0) is 15.7 Å². The highest BCUT2D eigenvalue weighted by Crippen LogP contribution is 2.35. The lowest BCUT2D eigenvalue weighted by molar-refractivity contribution is -0.145. The lowest BCUT2D eigenvalue weighted by atomic mass is 10.2. The first-order valence-electron chi connectivity index (χ1n) is 8.12. The van der Waals surface area contributed by atoms with E-state index in [4.69, 9.17) is 14.2 Å². The van der Waals surface area contributed by atoms with Crippen molar-refractivity contribution in [2.24, 2.45) is 4.99 Å². The van der Waals surface area contributed by atoms with Crippen molar-refractivity contribution in [1.82, 2.24) is 0 Å². The summed E-state index contributed by atoms with van der Waals surface area (Å²) in [6.07, 6.45) is -3.12. The van der Waals surface area contributed by atoms with E-state index in [1.807, 2.05) is 0 Å². The van der Waals surface area contributed by atoms with Gasteiger partial charge in [0.25, 0.3) is 0 Å². The summed E-state index contributed by atoms with van der Waals surface area (Å²) in [5.41, 5.74) is -0.272. The van der Waals surface area contributed by atoms with Crippen LogP contribution in [0.25, 0.3) is 0 Å². The van der Waals surface area contributed by atoms with Crippen LogP contribution >= 0.6 is 15.9 Å². The number of hydrogen-bond acceptors (Lipinski definition) is 5. The molecule has 0 aliphatic rings. The SMILES string of the molecule is CCOC(=O)COc1c(C=Nc2cccc(C(F)(F)F)c2)cc(Br)cc1OC. The molecule has 2 aromatic carbocycles. The van der Waals surface area contributed by atoms with Gasteiger partial charge in [-0.05, 0) is 37.3 Å². The summed E-state index contributed by atoms with van der Waals surface area (Å²) < 4.78 is 54.8. The van der Waals surface area contributed by atoms with E-state index in [0.717, 1.165) is 12.1 Å². The lowest BCUT2D eigenvalue weighted by Gasteiger charge is -2.13. The van der Waals surface area contributed by atoms with E-state index < -0.39 is 17.7 Å². The van der Waals surface area contributed by atoms with E-state index in [0.29, 0.717) is 15.8 Å². The molecule has 28 heavy (non-hydrogen) atoms. The van der Waals surface area contributed by atoms with Crippen molar-refractivity contribution in [2.45, 2.75) is 13.1 Å². The average Bonchev–Trinajstić information content (AvgIpc) is 2.64. The first-order chi connectivity index (χ1) is 13.2. The third-order valence-corrected chi connectivity index (χ3v) is 3.89. The molecule has 0 aromatic heterocycles. The number of aliphatic imine (C=N–C) groups is 1. The second-order valence-corrected chi connectivity index (χ2v) is 6.34. The Morgan fingerprint density at radius 3 is 2.64 bits per heavy atom. The summed E-state index contributed by atoms with van der Waals surface area (Å²) in [4.78, 5) is 15.7. The van der Waals surface area contributed by atoms with Gasteiger partial charge in [-0.25, -0.2) is 4.79 Å². The first-order valence-corrected chi connectivity index (χ1v) is 8.91. The van der Waals surface area contributed by atoms with E-state index in [-0.39, 0.29) is 24.7 Å². The van der Waals surface area contributed by atoms with Gasteiger partial charge in [0, 0.05) is 16.3 Å². The van der Waals surface area contributed by atoms with Crippen molar-refractivity contribution < 1.29 is 32.2 Å². The van der Waals surface area contributed by atoms with Crippen LogP contribution in [0.1, 0.15) is 18.1 Å². The zero-order valence-electron chi connectivity index (χ0n) is 15.0. The summed E-state index contributed by atoms with van der Waals surface area (Å²) in [5.74, 6) is -0.0214. The number of benzene rings is 2. The second kappa shape index (κ2) is 9.59. The molecule has 2 aromatic rings. The number of halogens is 4. The Morgan fingerprint density at radius 1 is 1.25 bits per heavy atom. The van der Waals surface area contributed by atoms with Crippen LogP contribution < -0.4 is 9.47 Å². The quantitative estimate of drug-likeness (QED) is 0.423. The monoisotopic (exact) mass is 459 g/mol. The molecular formula is C19H17BrF3NO4. The highest BCUT2D eigenvalue weighted by atomic mass is 79.9. The summed E-state index contributed by atoms with van der Waals surface area (Å²) in [5, 5.41) is 0. The van der Waals surface area contributed by atoms with Crippen molar-refractivity contribution in [1.29, 1.82) is 0 Å². The molecule has 150 valence electrons. The van der Waals surface area contributed by atoms with Crippen LogP contribution in [0.4, 0.5) is 18.9 Å². The van der Waals surface area contributed by atoms with Crippen molar-refractivity contribution >= 4 is 33.8 Å². The average molecular weight is 460 g/mol. The van der Waals surface area contributed by atoms with Crippen LogP contribution in [0.3, 0.4) is 0 Å². The third-order valence-electron chi connectivity index (χ3n) is 3.43. The Bertz CT molecular complexity index is 869. The molecule has 0 N–H and O–H groups in total. The van der Waals surface area contributed by atoms with Crippen molar-refractivity contribution in [3.05, 3.63) is 52.0 Å². The summed E-state index contributed by atoms with van der Waals surface area (Å²) in [6.45, 7) is 1.53. The maximum atomic E-state index is 12.8. The maximum Gasteiger partial charge on any atom is 0.416 e. The molecule has 0 radical (unpaired) electrons. The molecule has 0 amide bonds. The number of carbonyl (C=O) groups excluding carboxylic acids is 1. The number of alkyl halides is 3. The van der Waals surface area contributed by atoms with E-state index in [9.17, 15) is 18.0 Å². The third kappa shape index (κ3) is 5.98. The van der Waals surface area contributed by atoms with Crippen LogP contribution in [0, 0.1) is 0 Å². The molecule has 0 aliphatic carbocycles. The number of esters is 1. The molecule has 0 heterocycles. The zero-order valence-corrected chi connectivity index (χ0v) is 16.6. The maximum absolute atomic E-state index is 12.8. The molecule has 5 nitrogen and oxygen atoms in total. The van der Waals surface area contributed by atoms with Gasteiger partial charge in [0.2, 0.25) is 0 Å². The minimum Gasteiger partial charge on any atom is -0.493 e. The molecule has 2 rings (SSSR count). The molecule has 0 bridgehead atoms. The number of rotatable bonds is 7. The number of hydrogen-bond donors (Lipinski definition) is 0. The standard InChI is InChI=1S/C19H17BrF3NO4/c1-3-27-17(25)11-28-18-12(7-14(20)9-16(18)26-2)10-24-15-6-4-5-13(8-15)19(21,22)23/h4-10H,3,11H2,1-2H3. The zero-order chi connectivity index (χ0) is 20.7. The second-order valence-electron chi connectivity index (χ2n) is 5.43. The number of ether oxygens (including phenoxy) is 3. The van der Waals surface area contributed by atoms with Crippen LogP contribution in [0.15, 0.2) is 45.9 Å². The van der Waals surface area contributed by atoms with E-state index in [1.165, 1.54) is 25.5 Å². The summed E-state index contributed by atoms with van der Waals surface area (Å²) in [6, 6.07) is 7.89. The highest BCUT2D eigenvalue weighted by molar-refractivity contribution is 9.10. The summed E-state index contributed by atoms with van der Waals surface area (Å²) in [7, 11) is 1.42. The summed E-state index contributed by atoms with van der Waals surface area (Å²) >= 11 is 3.32. The molecule has 0 spiro atoms. The van der Waals surface area contributed by atoms with Gasteiger partial charge >= 0.3 is 12.1 Å². The van der Waals surface area contributed by atoms with Crippen LogP contribution in [0.5, 0.6) is 11.5 Å². The highest BCUT2D eigenvalue weighted by Gasteiger charge is 2.30. The lowest BCUT2D eigenvalue weighted by Crippen LogP contribution is -2.15. The Morgan fingerprint density at radius 2 is 2.00 bits per heavy atom. The molecule has 9 heteroatoms. The molecule has 0 saturated carbocycles. The Balaban J connectivity index is 2.35. The Hall–Kier alpha value is -2.55. The topological polar surface area (TPSA) is 57.1 Å². The minimum absolute atomic E-state index is 0.116. The van der Waals surface area contributed by atoms with Crippen LogP contribution in [-0.4, -0.2) is 32.5 Å². The normalized spacial score (nSPS) is 11.5. The van der Waals surface area contributed by atoms with Gasteiger partial charge in [-0.1, -0.05) is 22.0 Å². The van der Waals surface area contributed by atoms with Gasteiger partial charge in [0.05, 0.1) is 25.0 Å². The fraction of sp³-hybridized carbons (Fsp3) is 0.263. The number of nitrogens with zero attached hydrogens (tertiary/aromatic N) is 1. The van der Waals surface area contributed by atoms with Gasteiger partial charge in [0.15, 0.2) is 18.1 Å². The minimum atomic E-state index is -4.46. The van der Waals surface area contributed by atoms with E-state index >= 15 is 0 Å².